The largest absolute Gasteiger partial charge is 0.344 e. The Hall–Kier alpha value is -2.35. The minimum absolute atomic E-state index is 0.0200. The van der Waals surface area contributed by atoms with Gasteiger partial charge >= 0.3 is 5.69 Å². The van der Waals surface area contributed by atoms with Gasteiger partial charge in [0.15, 0.2) is 10.9 Å². The third-order valence-corrected chi connectivity index (χ3v) is 4.86. The van der Waals surface area contributed by atoms with Gasteiger partial charge in [-0.05, 0) is 51.0 Å². The fourth-order valence-corrected chi connectivity index (χ4v) is 3.20. The van der Waals surface area contributed by atoms with Crippen LogP contribution in [0, 0.1) is 0 Å². The number of ketones is 1. The van der Waals surface area contributed by atoms with Crippen molar-refractivity contribution in [3.8, 4) is 0 Å². The van der Waals surface area contributed by atoms with E-state index >= 15 is 0 Å². The minimum atomic E-state index is -0.412. The van der Waals surface area contributed by atoms with Crippen LogP contribution < -0.4 is 11.0 Å². The lowest BCUT2D eigenvalue weighted by Crippen LogP contribution is -2.23. The maximum absolute atomic E-state index is 12.3. The number of amides is 1. The van der Waals surface area contributed by atoms with Crippen LogP contribution in [-0.2, 0) is 4.79 Å². The number of carbonyl (C=O) groups excluding carboxylic acids is 2. The lowest BCUT2D eigenvalue weighted by molar-refractivity contribution is -0.115. The molecule has 126 valence electrons. The van der Waals surface area contributed by atoms with E-state index in [-0.39, 0.29) is 23.4 Å². The molecule has 1 heterocycles. The first-order chi connectivity index (χ1) is 11.5. The summed E-state index contributed by atoms with van der Waals surface area (Å²) >= 11 is 1.25. The highest BCUT2D eigenvalue weighted by Gasteiger charge is 2.30. The van der Waals surface area contributed by atoms with E-state index in [1.165, 1.54) is 18.7 Å². The van der Waals surface area contributed by atoms with Crippen LogP contribution in [0.3, 0.4) is 0 Å². The third kappa shape index (κ3) is 3.59. The van der Waals surface area contributed by atoms with Crippen LogP contribution in [0.2, 0.25) is 0 Å². The second-order valence-electron chi connectivity index (χ2n) is 5.80. The van der Waals surface area contributed by atoms with Crippen molar-refractivity contribution in [1.82, 2.24) is 14.8 Å². The van der Waals surface area contributed by atoms with E-state index < -0.39 is 5.25 Å². The highest BCUT2D eigenvalue weighted by Crippen LogP contribution is 2.36. The van der Waals surface area contributed by atoms with Gasteiger partial charge in [-0.25, -0.2) is 9.89 Å². The molecule has 7 nitrogen and oxygen atoms in total. The molecule has 3 rings (SSSR count). The zero-order valence-corrected chi connectivity index (χ0v) is 14.2. The fourth-order valence-electron chi connectivity index (χ4n) is 2.27. The summed E-state index contributed by atoms with van der Waals surface area (Å²) in [6, 6.07) is 6.94. The Bertz CT molecular complexity index is 821. The van der Waals surface area contributed by atoms with Gasteiger partial charge in [-0.15, -0.1) is 5.10 Å². The van der Waals surface area contributed by atoms with Gasteiger partial charge in [-0.1, -0.05) is 11.8 Å². The number of anilines is 1. The van der Waals surface area contributed by atoms with Crippen molar-refractivity contribution in [3.63, 3.8) is 0 Å². The summed E-state index contributed by atoms with van der Waals surface area (Å²) in [5.74, 6) is -0.207. The number of nitrogens with zero attached hydrogens (tertiary/aromatic N) is 2. The predicted octanol–water partition coefficient (Wildman–Crippen LogP) is 2.23. The SMILES string of the molecule is CC(=O)c1ccc(NC(=O)[C@@H](C)Sc2n[nH]c(=O)n2C2CC2)cc1. The molecule has 1 saturated carbocycles. The molecule has 0 bridgehead atoms. The lowest BCUT2D eigenvalue weighted by Gasteiger charge is -2.12. The van der Waals surface area contributed by atoms with Crippen molar-refractivity contribution in [1.29, 1.82) is 0 Å². The van der Waals surface area contributed by atoms with Gasteiger partial charge in [-0.3, -0.25) is 14.2 Å². The van der Waals surface area contributed by atoms with E-state index in [9.17, 15) is 14.4 Å². The molecule has 1 aromatic heterocycles. The van der Waals surface area contributed by atoms with Crippen molar-refractivity contribution < 1.29 is 9.59 Å². The maximum Gasteiger partial charge on any atom is 0.344 e. The first kappa shape index (κ1) is 16.5. The van der Waals surface area contributed by atoms with E-state index in [1.54, 1.807) is 35.8 Å². The van der Waals surface area contributed by atoms with Crippen molar-refractivity contribution in [3.05, 3.63) is 40.3 Å². The highest BCUT2D eigenvalue weighted by molar-refractivity contribution is 8.00. The van der Waals surface area contributed by atoms with Crippen molar-refractivity contribution in [2.45, 2.75) is 43.1 Å². The average Bonchev–Trinajstić information content (AvgIpc) is 3.32. The van der Waals surface area contributed by atoms with Crippen LogP contribution in [0.15, 0.2) is 34.2 Å². The van der Waals surface area contributed by atoms with E-state index in [0.29, 0.717) is 16.4 Å². The highest BCUT2D eigenvalue weighted by atomic mass is 32.2. The topological polar surface area (TPSA) is 96.8 Å². The van der Waals surface area contributed by atoms with Gasteiger partial charge < -0.3 is 5.32 Å². The number of benzene rings is 1. The zero-order valence-electron chi connectivity index (χ0n) is 13.4. The Morgan fingerprint density at radius 2 is 2.00 bits per heavy atom. The fraction of sp³-hybridized carbons (Fsp3) is 0.375. The molecule has 8 heteroatoms. The zero-order chi connectivity index (χ0) is 17.3. The number of nitrogens with one attached hydrogen (secondary N) is 2. The van der Waals surface area contributed by atoms with E-state index in [0.717, 1.165) is 12.8 Å². The summed E-state index contributed by atoms with van der Waals surface area (Å²) in [4.78, 5) is 35.3. The van der Waals surface area contributed by atoms with Gasteiger partial charge in [0.1, 0.15) is 0 Å². The standard InChI is InChI=1S/C16H18N4O3S/c1-9(21)11-3-5-12(6-4-11)17-14(22)10(2)24-16-19-18-15(23)20(16)13-7-8-13/h3-6,10,13H,7-8H2,1-2H3,(H,17,22)(H,18,23)/t10-/m1/s1. The van der Waals surface area contributed by atoms with Gasteiger partial charge in [-0.2, -0.15) is 0 Å². The normalized spacial score (nSPS) is 15.1. The number of aromatic nitrogens is 3. The molecule has 1 aliphatic carbocycles. The number of hydrogen-bond donors (Lipinski definition) is 2. The number of rotatable bonds is 6. The molecule has 0 unspecified atom stereocenters. The van der Waals surface area contributed by atoms with Crippen molar-refractivity contribution in [2.75, 3.05) is 5.32 Å². The second kappa shape index (κ2) is 6.64. The molecule has 1 atom stereocenters. The Morgan fingerprint density at radius 3 is 2.58 bits per heavy atom. The molecule has 24 heavy (non-hydrogen) atoms. The Morgan fingerprint density at radius 1 is 1.33 bits per heavy atom. The van der Waals surface area contributed by atoms with Crippen LogP contribution in [-0.4, -0.2) is 31.7 Å². The molecular weight excluding hydrogens is 328 g/mol. The van der Waals surface area contributed by atoms with Crippen molar-refractivity contribution in [2.24, 2.45) is 0 Å². The van der Waals surface area contributed by atoms with Gasteiger partial charge in [0, 0.05) is 17.3 Å². The Kier molecular flexibility index (Phi) is 4.57. The summed E-state index contributed by atoms with van der Waals surface area (Å²) in [6.45, 7) is 3.26. The van der Waals surface area contributed by atoms with Gasteiger partial charge in [0.2, 0.25) is 5.91 Å². The molecule has 1 amide bonds. The summed E-state index contributed by atoms with van der Waals surface area (Å²) in [7, 11) is 0. The molecule has 0 aliphatic heterocycles. The first-order valence-electron chi connectivity index (χ1n) is 7.71. The first-order valence-corrected chi connectivity index (χ1v) is 8.59. The molecule has 2 N–H and O–H groups in total. The number of carbonyl (C=O) groups is 2. The Balaban J connectivity index is 1.64. The number of thioether (sulfide) groups is 1. The average molecular weight is 346 g/mol. The van der Waals surface area contributed by atoms with E-state index in [4.69, 9.17) is 0 Å². The van der Waals surface area contributed by atoms with Crippen molar-refractivity contribution >= 4 is 29.1 Å². The van der Waals surface area contributed by atoms with Crippen LogP contribution >= 0.6 is 11.8 Å². The second-order valence-corrected chi connectivity index (χ2v) is 7.10. The van der Waals surface area contributed by atoms with Crippen LogP contribution in [0.1, 0.15) is 43.1 Å². The molecule has 0 saturated heterocycles. The number of H-pyrrole nitrogens is 1. The van der Waals surface area contributed by atoms with Crippen LogP contribution in [0.25, 0.3) is 0 Å². The summed E-state index contributed by atoms with van der Waals surface area (Å²) in [6.07, 6.45) is 1.94. The van der Waals surface area contributed by atoms with Gasteiger partial charge in [0.05, 0.1) is 5.25 Å². The predicted molar refractivity (Wildman–Crippen MR) is 91.5 cm³/mol. The molecule has 2 aromatic rings. The molecule has 0 spiro atoms. The van der Waals surface area contributed by atoms with Crippen LogP contribution in [0.4, 0.5) is 5.69 Å². The van der Waals surface area contributed by atoms with Gasteiger partial charge in [0.25, 0.3) is 0 Å². The van der Waals surface area contributed by atoms with E-state index in [2.05, 4.69) is 15.5 Å². The minimum Gasteiger partial charge on any atom is -0.325 e. The number of Topliss-reactive ketones (excluding diaryl/α,β-unsaturated/α-hetero) is 1. The van der Waals surface area contributed by atoms with E-state index in [1.807, 2.05) is 0 Å². The number of aromatic amines is 1. The smallest absolute Gasteiger partial charge is 0.325 e. The Labute approximate surface area is 142 Å². The van der Waals surface area contributed by atoms with Crippen LogP contribution in [0.5, 0.6) is 0 Å². The third-order valence-electron chi connectivity index (χ3n) is 3.79. The monoisotopic (exact) mass is 346 g/mol. The summed E-state index contributed by atoms with van der Waals surface area (Å²) < 4.78 is 1.62. The summed E-state index contributed by atoms with van der Waals surface area (Å²) in [5.41, 5.74) is 0.992. The molecule has 0 radical (unpaired) electrons. The molecule has 1 aliphatic rings. The molecule has 1 fully saturated rings. The maximum atomic E-state index is 12.3. The number of hydrogen-bond acceptors (Lipinski definition) is 5. The summed E-state index contributed by atoms with van der Waals surface area (Å²) in [5, 5.41) is 9.38. The molecular formula is C16H18N4O3S. The molecule has 1 aromatic carbocycles. The quantitative estimate of drug-likeness (QED) is 0.617. The lowest BCUT2D eigenvalue weighted by atomic mass is 10.1.